The van der Waals surface area contributed by atoms with Gasteiger partial charge in [0.25, 0.3) is 0 Å². The SMILES string of the molecule is Cc1ccccc1OCCCN(C)CC(=O)N(CCC(N)=O)c1ccc(F)cc1. The fraction of sp³-hybridized carbons (Fsp3) is 0.364. The van der Waals surface area contributed by atoms with E-state index in [1.807, 2.05) is 43.1 Å². The van der Waals surface area contributed by atoms with Crippen molar-refractivity contribution in [3.8, 4) is 5.75 Å². The first-order valence-corrected chi connectivity index (χ1v) is 9.58. The molecule has 29 heavy (non-hydrogen) atoms. The summed E-state index contributed by atoms with van der Waals surface area (Å²) in [7, 11) is 1.85. The van der Waals surface area contributed by atoms with E-state index >= 15 is 0 Å². The largest absolute Gasteiger partial charge is 0.493 e. The molecule has 0 fully saturated rings. The first-order chi connectivity index (χ1) is 13.9. The molecule has 0 aliphatic rings. The highest BCUT2D eigenvalue weighted by atomic mass is 19.1. The Morgan fingerprint density at radius 3 is 2.41 bits per heavy atom. The van der Waals surface area contributed by atoms with Crippen molar-refractivity contribution in [2.75, 3.05) is 38.2 Å². The maximum atomic E-state index is 13.2. The molecule has 2 N–H and O–H groups in total. The van der Waals surface area contributed by atoms with Gasteiger partial charge in [-0.05, 0) is 56.3 Å². The zero-order valence-electron chi connectivity index (χ0n) is 16.9. The third-order valence-corrected chi connectivity index (χ3v) is 4.46. The summed E-state index contributed by atoms with van der Waals surface area (Å²) in [5.74, 6) is -0.200. The molecular weight excluding hydrogens is 373 g/mol. The van der Waals surface area contributed by atoms with Gasteiger partial charge in [-0.15, -0.1) is 0 Å². The van der Waals surface area contributed by atoms with E-state index in [0.29, 0.717) is 18.8 Å². The van der Waals surface area contributed by atoms with Gasteiger partial charge in [0.15, 0.2) is 0 Å². The summed E-state index contributed by atoms with van der Waals surface area (Å²) in [5.41, 5.74) is 6.84. The number of nitrogens with two attached hydrogens (primary N) is 1. The van der Waals surface area contributed by atoms with Gasteiger partial charge >= 0.3 is 0 Å². The fourth-order valence-corrected chi connectivity index (χ4v) is 2.87. The fourth-order valence-electron chi connectivity index (χ4n) is 2.87. The Morgan fingerprint density at radius 1 is 1.07 bits per heavy atom. The second-order valence-corrected chi connectivity index (χ2v) is 6.94. The molecule has 0 saturated carbocycles. The second kappa shape index (κ2) is 11.2. The minimum atomic E-state index is -0.494. The lowest BCUT2D eigenvalue weighted by molar-refractivity contribution is -0.119. The highest BCUT2D eigenvalue weighted by Crippen LogP contribution is 2.17. The second-order valence-electron chi connectivity index (χ2n) is 6.94. The Bertz CT molecular complexity index is 811. The number of likely N-dealkylation sites (N-methyl/N-ethyl adjacent to an activating group) is 1. The minimum absolute atomic E-state index is 0.0388. The maximum absolute atomic E-state index is 13.2. The quantitative estimate of drug-likeness (QED) is 0.588. The molecule has 0 bridgehead atoms. The molecule has 0 atom stereocenters. The highest BCUT2D eigenvalue weighted by molar-refractivity contribution is 5.95. The van der Waals surface area contributed by atoms with Gasteiger partial charge in [-0.1, -0.05) is 18.2 Å². The summed E-state index contributed by atoms with van der Waals surface area (Å²) in [6.07, 6.45) is 0.799. The van der Waals surface area contributed by atoms with E-state index in [9.17, 15) is 14.0 Å². The van der Waals surface area contributed by atoms with Gasteiger partial charge in [0.05, 0.1) is 13.2 Å². The van der Waals surface area contributed by atoms with E-state index < -0.39 is 5.91 Å². The number of rotatable bonds is 11. The maximum Gasteiger partial charge on any atom is 0.241 e. The van der Waals surface area contributed by atoms with Crippen molar-refractivity contribution in [3.63, 3.8) is 0 Å². The number of halogens is 1. The predicted octanol–water partition coefficient (Wildman–Crippen LogP) is 2.74. The number of primary amides is 1. The van der Waals surface area contributed by atoms with E-state index in [2.05, 4.69) is 0 Å². The number of para-hydroxylation sites is 1. The highest BCUT2D eigenvalue weighted by Gasteiger charge is 2.18. The van der Waals surface area contributed by atoms with Crippen molar-refractivity contribution in [1.82, 2.24) is 4.90 Å². The lowest BCUT2D eigenvalue weighted by Crippen LogP contribution is -2.41. The van der Waals surface area contributed by atoms with Crippen molar-refractivity contribution in [2.24, 2.45) is 5.73 Å². The summed E-state index contributed by atoms with van der Waals surface area (Å²) in [6.45, 7) is 3.54. The summed E-state index contributed by atoms with van der Waals surface area (Å²) in [6, 6.07) is 13.4. The lowest BCUT2D eigenvalue weighted by atomic mass is 10.2. The molecule has 2 rings (SSSR count). The van der Waals surface area contributed by atoms with Gasteiger partial charge in [0, 0.05) is 25.2 Å². The molecule has 0 unspecified atom stereocenters. The molecule has 7 heteroatoms. The van der Waals surface area contributed by atoms with Crippen LogP contribution in [0.1, 0.15) is 18.4 Å². The molecule has 2 aromatic carbocycles. The van der Waals surface area contributed by atoms with Crippen LogP contribution in [0.25, 0.3) is 0 Å². The first-order valence-electron chi connectivity index (χ1n) is 9.58. The van der Waals surface area contributed by atoms with Gasteiger partial charge in [-0.25, -0.2) is 4.39 Å². The number of carbonyl (C=O) groups is 2. The Morgan fingerprint density at radius 2 is 1.76 bits per heavy atom. The molecule has 0 aliphatic heterocycles. The molecule has 0 radical (unpaired) electrons. The average molecular weight is 401 g/mol. The number of anilines is 1. The van der Waals surface area contributed by atoms with Crippen LogP contribution in [0.15, 0.2) is 48.5 Å². The average Bonchev–Trinajstić information content (AvgIpc) is 2.67. The number of nitrogens with zero attached hydrogens (tertiary/aromatic N) is 2. The minimum Gasteiger partial charge on any atom is -0.493 e. The normalized spacial score (nSPS) is 10.8. The lowest BCUT2D eigenvalue weighted by Gasteiger charge is -2.25. The standard InChI is InChI=1S/C22H28FN3O3/c1-17-6-3-4-7-20(17)29-15-5-13-25(2)16-22(28)26(14-12-21(24)27)19-10-8-18(23)9-11-19/h3-4,6-11H,5,12-16H2,1-2H3,(H2,24,27). The van der Waals surface area contributed by atoms with Crippen LogP contribution in [-0.2, 0) is 9.59 Å². The summed E-state index contributed by atoms with van der Waals surface area (Å²) < 4.78 is 19.0. The zero-order valence-corrected chi connectivity index (χ0v) is 16.9. The van der Waals surface area contributed by atoms with Crippen molar-refractivity contribution < 1.29 is 18.7 Å². The Labute approximate surface area is 171 Å². The third-order valence-electron chi connectivity index (χ3n) is 4.46. The van der Waals surface area contributed by atoms with E-state index in [1.165, 1.54) is 29.2 Å². The van der Waals surface area contributed by atoms with E-state index in [0.717, 1.165) is 17.7 Å². The van der Waals surface area contributed by atoms with Crippen LogP contribution in [0.5, 0.6) is 5.75 Å². The Balaban J connectivity index is 1.85. The van der Waals surface area contributed by atoms with Gasteiger partial charge in [0.1, 0.15) is 11.6 Å². The van der Waals surface area contributed by atoms with Crippen LogP contribution in [0.4, 0.5) is 10.1 Å². The summed E-state index contributed by atoms with van der Waals surface area (Å²) >= 11 is 0. The molecule has 156 valence electrons. The van der Waals surface area contributed by atoms with Crippen LogP contribution < -0.4 is 15.4 Å². The van der Waals surface area contributed by atoms with E-state index in [1.54, 1.807) is 0 Å². The van der Waals surface area contributed by atoms with Gasteiger partial charge in [-0.2, -0.15) is 0 Å². The first kappa shape index (κ1) is 22.4. The number of benzene rings is 2. The Kier molecular flexibility index (Phi) is 8.61. The van der Waals surface area contributed by atoms with Crippen molar-refractivity contribution in [1.29, 1.82) is 0 Å². The van der Waals surface area contributed by atoms with E-state index in [-0.39, 0.29) is 31.2 Å². The molecule has 0 aromatic heterocycles. The number of ether oxygens (including phenoxy) is 1. The molecule has 0 spiro atoms. The molecule has 2 aromatic rings. The number of hydrogen-bond donors (Lipinski definition) is 1. The van der Waals surface area contributed by atoms with Crippen molar-refractivity contribution in [3.05, 3.63) is 59.9 Å². The van der Waals surface area contributed by atoms with Crippen LogP contribution in [0.3, 0.4) is 0 Å². The number of aryl methyl sites for hydroxylation is 1. The van der Waals surface area contributed by atoms with Gasteiger partial charge in [-0.3, -0.25) is 14.5 Å². The molecule has 2 amide bonds. The molecular formula is C22H28FN3O3. The smallest absolute Gasteiger partial charge is 0.241 e. The molecule has 0 aliphatic carbocycles. The number of carbonyl (C=O) groups excluding carboxylic acids is 2. The predicted molar refractivity (Wildman–Crippen MR) is 111 cm³/mol. The number of amides is 2. The molecule has 0 saturated heterocycles. The Hall–Kier alpha value is -2.93. The van der Waals surface area contributed by atoms with Crippen LogP contribution in [-0.4, -0.2) is 50.0 Å². The van der Waals surface area contributed by atoms with Crippen LogP contribution in [0.2, 0.25) is 0 Å². The van der Waals surface area contributed by atoms with Gasteiger partial charge < -0.3 is 15.4 Å². The number of hydrogen-bond acceptors (Lipinski definition) is 4. The third kappa shape index (κ3) is 7.54. The monoisotopic (exact) mass is 401 g/mol. The summed E-state index contributed by atoms with van der Waals surface area (Å²) in [5, 5.41) is 0. The zero-order chi connectivity index (χ0) is 21.2. The van der Waals surface area contributed by atoms with Crippen LogP contribution >= 0.6 is 0 Å². The van der Waals surface area contributed by atoms with Crippen molar-refractivity contribution >= 4 is 17.5 Å². The summed E-state index contributed by atoms with van der Waals surface area (Å²) in [4.78, 5) is 27.3. The van der Waals surface area contributed by atoms with Gasteiger partial charge in [0.2, 0.25) is 11.8 Å². The van der Waals surface area contributed by atoms with Crippen LogP contribution in [0, 0.1) is 12.7 Å². The topological polar surface area (TPSA) is 75.9 Å². The molecule has 0 heterocycles. The van der Waals surface area contributed by atoms with Crippen molar-refractivity contribution in [2.45, 2.75) is 19.8 Å². The van der Waals surface area contributed by atoms with E-state index in [4.69, 9.17) is 10.5 Å². The molecule has 6 nitrogen and oxygen atoms in total.